The third-order valence-corrected chi connectivity index (χ3v) is 3.27. The summed E-state index contributed by atoms with van der Waals surface area (Å²) in [5.41, 5.74) is 6.03. The zero-order valence-corrected chi connectivity index (χ0v) is 9.60. The highest BCUT2D eigenvalue weighted by Gasteiger charge is 2.35. The molecule has 0 radical (unpaired) electrons. The summed E-state index contributed by atoms with van der Waals surface area (Å²) in [6.45, 7) is 0. The van der Waals surface area contributed by atoms with Gasteiger partial charge in [0, 0.05) is 11.1 Å². The Labute approximate surface area is 103 Å². The Morgan fingerprint density at radius 2 is 1.89 bits per heavy atom. The van der Waals surface area contributed by atoms with Crippen molar-refractivity contribution in [3.05, 3.63) is 45.9 Å². The van der Waals surface area contributed by atoms with Crippen molar-refractivity contribution in [2.75, 3.05) is 0 Å². The molecular weight excluding hydrogens is 270 g/mol. The molecule has 8 heteroatoms. The third-order valence-electron chi connectivity index (χ3n) is 2.14. The van der Waals surface area contributed by atoms with Crippen LogP contribution < -0.4 is 5.73 Å². The Balaban J connectivity index is 2.26. The number of halogens is 4. The predicted octanol–water partition coefficient (Wildman–Crippen LogP) is 2.74. The summed E-state index contributed by atoms with van der Waals surface area (Å²) in [6.07, 6.45) is -2.47. The highest BCUT2D eigenvalue weighted by Crippen LogP contribution is 2.34. The zero-order chi connectivity index (χ0) is 13.3. The lowest BCUT2D eigenvalue weighted by molar-refractivity contribution is -0.137. The predicted molar refractivity (Wildman–Crippen MR) is 57.3 cm³/mol. The van der Waals surface area contributed by atoms with Crippen LogP contribution in [0.25, 0.3) is 0 Å². The molecule has 0 saturated heterocycles. The van der Waals surface area contributed by atoms with Crippen molar-refractivity contribution in [2.45, 2.75) is 12.2 Å². The summed E-state index contributed by atoms with van der Waals surface area (Å²) >= 11 is 0.452. The number of alkyl halides is 3. The molecule has 0 bridgehead atoms. The molecule has 3 nitrogen and oxygen atoms in total. The average Bonchev–Trinajstić information content (AvgIpc) is 2.78. The Kier molecular flexibility index (Phi) is 3.31. The van der Waals surface area contributed by atoms with Crippen LogP contribution in [0.3, 0.4) is 0 Å². The molecule has 96 valence electrons. The van der Waals surface area contributed by atoms with Crippen LogP contribution in [-0.2, 0) is 6.18 Å². The number of rotatable bonds is 2. The molecule has 0 fully saturated rings. The largest absolute Gasteiger partial charge is 0.443 e. The minimum Gasteiger partial charge on any atom is -0.318 e. The standard InChI is InChI=1S/C10H7F4N3S/c11-5-1-2-6(16-3-5)8(15)7-4-17-9(18-7)10(12,13)14/h1-4,8H,15H2. The van der Waals surface area contributed by atoms with Crippen LogP contribution >= 0.6 is 11.3 Å². The van der Waals surface area contributed by atoms with E-state index in [2.05, 4.69) is 9.97 Å². The van der Waals surface area contributed by atoms with Gasteiger partial charge in [-0.05, 0) is 12.1 Å². The maximum absolute atomic E-state index is 12.7. The van der Waals surface area contributed by atoms with Crippen LogP contribution in [-0.4, -0.2) is 9.97 Å². The molecule has 2 rings (SSSR count). The first-order chi connectivity index (χ1) is 8.38. The van der Waals surface area contributed by atoms with Gasteiger partial charge in [-0.15, -0.1) is 11.3 Å². The molecule has 0 aliphatic heterocycles. The summed E-state index contributed by atoms with van der Waals surface area (Å²) < 4.78 is 49.7. The van der Waals surface area contributed by atoms with Gasteiger partial charge in [-0.2, -0.15) is 13.2 Å². The fourth-order valence-electron chi connectivity index (χ4n) is 1.28. The second kappa shape index (κ2) is 4.62. The molecule has 18 heavy (non-hydrogen) atoms. The molecular formula is C10H7F4N3S. The Bertz CT molecular complexity index is 535. The number of thiazole rings is 1. The van der Waals surface area contributed by atoms with E-state index < -0.39 is 23.0 Å². The number of pyridine rings is 1. The number of hydrogen-bond acceptors (Lipinski definition) is 4. The quantitative estimate of drug-likeness (QED) is 0.859. The first-order valence-corrected chi connectivity index (χ1v) is 5.59. The van der Waals surface area contributed by atoms with Gasteiger partial charge in [0.05, 0.1) is 17.9 Å². The van der Waals surface area contributed by atoms with Gasteiger partial charge < -0.3 is 5.73 Å². The monoisotopic (exact) mass is 277 g/mol. The van der Waals surface area contributed by atoms with Gasteiger partial charge in [0.2, 0.25) is 0 Å². The highest BCUT2D eigenvalue weighted by molar-refractivity contribution is 7.11. The van der Waals surface area contributed by atoms with Gasteiger partial charge in [-0.1, -0.05) is 0 Å². The number of aromatic nitrogens is 2. The fraction of sp³-hybridized carbons (Fsp3) is 0.200. The summed E-state index contributed by atoms with van der Waals surface area (Å²) in [5, 5.41) is -0.963. The van der Waals surface area contributed by atoms with Crippen LogP contribution in [0.5, 0.6) is 0 Å². The third kappa shape index (κ3) is 2.65. The van der Waals surface area contributed by atoms with Crippen LogP contribution in [0.1, 0.15) is 21.6 Å². The number of nitrogens with two attached hydrogens (primary N) is 1. The van der Waals surface area contributed by atoms with Gasteiger partial charge in [-0.25, -0.2) is 9.37 Å². The van der Waals surface area contributed by atoms with E-state index in [0.29, 0.717) is 11.3 Å². The second-order valence-corrected chi connectivity index (χ2v) is 4.51. The van der Waals surface area contributed by atoms with Crippen molar-refractivity contribution in [1.82, 2.24) is 9.97 Å². The molecule has 1 atom stereocenters. The van der Waals surface area contributed by atoms with Crippen molar-refractivity contribution >= 4 is 11.3 Å². The lowest BCUT2D eigenvalue weighted by atomic mass is 10.2. The average molecular weight is 277 g/mol. The number of hydrogen-bond donors (Lipinski definition) is 1. The van der Waals surface area contributed by atoms with Crippen LogP contribution in [0, 0.1) is 5.82 Å². The zero-order valence-electron chi connectivity index (χ0n) is 8.78. The molecule has 0 aliphatic carbocycles. The van der Waals surface area contributed by atoms with Crippen molar-refractivity contribution in [2.24, 2.45) is 5.73 Å². The molecule has 2 aromatic heterocycles. The Hall–Kier alpha value is -1.54. The van der Waals surface area contributed by atoms with Gasteiger partial charge in [0.15, 0.2) is 5.01 Å². The molecule has 1 unspecified atom stereocenters. The molecule has 2 aromatic rings. The Morgan fingerprint density at radius 3 is 2.39 bits per heavy atom. The van der Waals surface area contributed by atoms with Crippen LogP contribution in [0.2, 0.25) is 0 Å². The first-order valence-electron chi connectivity index (χ1n) is 4.78. The summed E-state index contributed by atoms with van der Waals surface area (Å²) in [5.74, 6) is -0.536. The molecule has 0 aromatic carbocycles. The fourth-order valence-corrected chi connectivity index (χ4v) is 2.08. The topological polar surface area (TPSA) is 51.8 Å². The normalized spacial score (nSPS) is 13.6. The van der Waals surface area contributed by atoms with Crippen molar-refractivity contribution in [3.8, 4) is 0 Å². The smallest absolute Gasteiger partial charge is 0.318 e. The van der Waals surface area contributed by atoms with E-state index in [1.54, 1.807) is 0 Å². The lowest BCUT2D eigenvalue weighted by Gasteiger charge is -2.07. The minimum absolute atomic E-state index is 0.224. The second-order valence-electron chi connectivity index (χ2n) is 3.44. The van der Waals surface area contributed by atoms with Gasteiger partial charge in [0.1, 0.15) is 5.82 Å². The minimum atomic E-state index is -4.49. The first kappa shape index (κ1) is 12.9. The van der Waals surface area contributed by atoms with E-state index in [9.17, 15) is 17.6 Å². The summed E-state index contributed by atoms with van der Waals surface area (Å²) in [4.78, 5) is 7.21. The van der Waals surface area contributed by atoms with E-state index >= 15 is 0 Å². The summed E-state index contributed by atoms with van der Waals surface area (Å²) in [6, 6.07) is 1.63. The van der Waals surface area contributed by atoms with E-state index in [-0.39, 0.29) is 10.6 Å². The maximum atomic E-state index is 12.7. The van der Waals surface area contributed by atoms with Gasteiger partial charge >= 0.3 is 6.18 Å². The van der Waals surface area contributed by atoms with E-state index in [1.807, 2.05) is 0 Å². The lowest BCUT2D eigenvalue weighted by Crippen LogP contribution is -2.12. The van der Waals surface area contributed by atoms with Crippen molar-refractivity contribution < 1.29 is 17.6 Å². The molecule has 0 spiro atoms. The van der Waals surface area contributed by atoms with Crippen molar-refractivity contribution in [1.29, 1.82) is 0 Å². The Morgan fingerprint density at radius 1 is 1.17 bits per heavy atom. The van der Waals surface area contributed by atoms with Crippen molar-refractivity contribution in [3.63, 3.8) is 0 Å². The molecule has 2 heterocycles. The van der Waals surface area contributed by atoms with E-state index in [4.69, 9.17) is 5.73 Å². The van der Waals surface area contributed by atoms with Gasteiger partial charge in [-0.3, -0.25) is 4.98 Å². The SMILES string of the molecule is NC(c1ccc(F)cn1)c1cnc(C(F)(F)F)s1. The van der Waals surface area contributed by atoms with E-state index in [1.165, 1.54) is 6.07 Å². The molecule has 0 saturated carbocycles. The van der Waals surface area contributed by atoms with Crippen LogP contribution in [0.15, 0.2) is 24.5 Å². The van der Waals surface area contributed by atoms with E-state index in [0.717, 1.165) is 18.5 Å². The number of nitrogens with zero attached hydrogens (tertiary/aromatic N) is 2. The summed E-state index contributed by atoms with van der Waals surface area (Å²) in [7, 11) is 0. The molecule has 2 N–H and O–H groups in total. The van der Waals surface area contributed by atoms with Crippen LogP contribution in [0.4, 0.5) is 17.6 Å². The highest BCUT2D eigenvalue weighted by atomic mass is 32.1. The van der Waals surface area contributed by atoms with Gasteiger partial charge in [0.25, 0.3) is 0 Å². The maximum Gasteiger partial charge on any atom is 0.443 e. The molecule has 0 aliphatic rings. The molecule has 0 amide bonds.